The Labute approximate surface area is 148 Å². The standard InChI is InChI=1S/C16H13F6N3O2/c17-15(18,19)9-4-8(5-10(6-9)16(20,21)22)13-23-7-11(24-13)12-2-1-3-25(12)14(26)27/h4-7,12H,1-3H2,(H,23,24)(H,26,27). The number of benzene rings is 1. The maximum atomic E-state index is 13.0. The molecule has 1 fully saturated rings. The number of nitrogens with one attached hydrogen (secondary N) is 1. The van der Waals surface area contributed by atoms with Gasteiger partial charge in [0, 0.05) is 18.3 Å². The molecular weight excluding hydrogens is 380 g/mol. The van der Waals surface area contributed by atoms with E-state index >= 15 is 0 Å². The first-order chi connectivity index (χ1) is 12.5. The Morgan fingerprint density at radius 3 is 2.22 bits per heavy atom. The third kappa shape index (κ3) is 3.86. The second-order valence-electron chi connectivity index (χ2n) is 6.10. The molecule has 2 N–H and O–H groups in total. The topological polar surface area (TPSA) is 69.2 Å². The van der Waals surface area contributed by atoms with Gasteiger partial charge >= 0.3 is 18.4 Å². The van der Waals surface area contributed by atoms with Crippen molar-refractivity contribution >= 4 is 6.09 Å². The average molecular weight is 393 g/mol. The summed E-state index contributed by atoms with van der Waals surface area (Å²) in [7, 11) is 0. The monoisotopic (exact) mass is 393 g/mol. The van der Waals surface area contributed by atoms with Crippen molar-refractivity contribution in [1.29, 1.82) is 0 Å². The summed E-state index contributed by atoms with van der Waals surface area (Å²) in [5.41, 5.74) is -3.03. The van der Waals surface area contributed by atoms with Crippen molar-refractivity contribution in [1.82, 2.24) is 14.9 Å². The molecule has 1 amide bonds. The van der Waals surface area contributed by atoms with Gasteiger partial charge in [-0.25, -0.2) is 9.78 Å². The zero-order valence-corrected chi connectivity index (χ0v) is 13.5. The Hall–Kier alpha value is -2.72. The highest BCUT2D eigenvalue weighted by molar-refractivity contribution is 5.66. The predicted octanol–water partition coefficient (Wildman–Crippen LogP) is 4.93. The van der Waals surface area contributed by atoms with E-state index in [4.69, 9.17) is 5.11 Å². The van der Waals surface area contributed by atoms with E-state index in [9.17, 15) is 31.1 Å². The van der Waals surface area contributed by atoms with Crippen molar-refractivity contribution in [2.45, 2.75) is 31.2 Å². The number of rotatable bonds is 2. The molecule has 1 unspecified atom stereocenters. The number of amides is 1. The number of alkyl halides is 6. The average Bonchev–Trinajstić information content (AvgIpc) is 3.21. The van der Waals surface area contributed by atoms with E-state index < -0.39 is 35.6 Å². The number of halogens is 6. The van der Waals surface area contributed by atoms with Gasteiger partial charge in [0.25, 0.3) is 0 Å². The van der Waals surface area contributed by atoms with E-state index in [0.29, 0.717) is 25.0 Å². The number of H-pyrrole nitrogens is 1. The lowest BCUT2D eigenvalue weighted by atomic mass is 10.0. The smallest absolute Gasteiger partial charge is 0.416 e. The zero-order valence-electron chi connectivity index (χ0n) is 13.5. The first-order valence-corrected chi connectivity index (χ1v) is 7.81. The van der Waals surface area contributed by atoms with E-state index in [0.717, 1.165) is 4.90 Å². The van der Waals surface area contributed by atoms with Gasteiger partial charge in [0.15, 0.2) is 0 Å². The van der Waals surface area contributed by atoms with Gasteiger partial charge < -0.3 is 10.1 Å². The lowest BCUT2D eigenvalue weighted by Gasteiger charge is -2.19. The largest absolute Gasteiger partial charge is 0.465 e. The summed E-state index contributed by atoms with van der Waals surface area (Å²) >= 11 is 0. The molecule has 1 aliphatic rings. The van der Waals surface area contributed by atoms with Crippen molar-refractivity contribution < 1.29 is 36.2 Å². The molecule has 0 saturated carbocycles. The summed E-state index contributed by atoms with van der Waals surface area (Å²) in [4.78, 5) is 18.9. The molecule has 146 valence electrons. The third-order valence-electron chi connectivity index (χ3n) is 4.30. The van der Waals surface area contributed by atoms with E-state index in [1.807, 2.05) is 0 Å². The quantitative estimate of drug-likeness (QED) is 0.711. The number of imidazole rings is 1. The molecule has 1 aromatic heterocycles. The van der Waals surface area contributed by atoms with Crippen LogP contribution < -0.4 is 0 Å². The molecule has 1 aromatic carbocycles. The molecular formula is C16H13F6N3O2. The molecule has 5 nitrogen and oxygen atoms in total. The van der Waals surface area contributed by atoms with Crippen LogP contribution in [0.5, 0.6) is 0 Å². The van der Waals surface area contributed by atoms with Crippen molar-refractivity contribution in [2.24, 2.45) is 0 Å². The van der Waals surface area contributed by atoms with E-state index in [2.05, 4.69) is 9.97 Å². The van der Waals surface area contributed by atoms with Gasteiger partial charge in [0.2, 0.25) is 0 Å². The van der Waals surface area contributed by atoms with Gasteiger partial charge in [-0.15, -0.1) is 0 Å². The van der Waals surface area contributed by atoms with Crippen LogP contribution in [0.2, 0.25) is 0 Å². The molecule has 0 bridgehead atoms. The fourth-order valence-corrected chi connectivity index (χ4v) is 3.05. The van der Waals surface area contributed by atoms with Crippen molar-refractivity contribution in [3.63, 3.8) is 0 Å². The highest BCUT2D eigenvalue weighted by Crippen LogP contribution is 2.39. The maximum absolute atomic E-state index is 13.0. The third-order valence-corrected chi connectivity index (χ3v) is 4.30. The number of aromatic amines is 1. The molecule has 1 aliphatic heterocycles. The van der Waals surface area contributed by atoms with Crippen LogP contribution in [0, 0.1) is 0 Å². The van der Waals surface area contributed by atoms with Gasteiger partial charge in [0.1, 0.15) is 5.82 Å². The minimum absolute atomic E-state index is 0.0382. The van der Waals surface area contributed by atoms with Crippen LogP contribution in [0.1, 0.15) is 35.7 Å². The predicted molar refractivity (Wildman–Crippen MR) is 80.7 cm³/mol. The summed E-state index contributed by atoms with van der Waals surface area (Å²) in [5, 5.41) is 9.16. The lowest BCUT2D eigenvalue weighted by molar-refractivity contribution is -0.143. The van der Waals surface area contributed by atoms with Crippen LogP contribution >= 0.6 is 0 Å². The Bertz CT molecular complexity index is 826. The molecule has 2 heterocycles. The summed E-state index contributed by atoms with van der Waals surface area (Å²) in [5.74, 6) is -0.196. The molecule has 1 saturated heterocycles. The molecule has 0 radical (unpaired) electrons. The van der Waals surface area contributed by atoms with Crippen molar-refractivity contribution in [3.05, 3.63) is 41.2 Å². The van der Waals surface area contributed by atoms with Gasteiger partial charge in [-0.05, 0) is 31.0 Å². The van der Waals surface area contributed by atoms with Gasteiger partial charge in [0.05, 0.1) is 22.9 Å². The Morgan fingerprint density at radius 1 is 1.11 bits per heavy atom. The Kier molecular flexibility index (Phi) is 4.56. The second kappa shape index (κ2) is 6.46. The number of aromatic nitrogens is 2. The number of nitrogens with zero attached hydrogens (tertiary/aromatic N) is 2. The molecule has 2 aromatic rings. The first kappa shape index (κ1) is 19.1. The number of likely N-dealkylation sites (tertiary alicyclic amines) is 1. The Balaban J connectivity index is 2.02. The minimum Gasteiger partial charge on any atom is -0.465 e. The molecule has 0 aliphatic carbocycles. The fourth-order valence-electron chi connectivity index (χ4n) is 3.05. The number of hydrogen-bond donors (Lipinski definition) is 2. The van der Waals surface area contributed by atoms with E-state index in [1.54, 1.807) is 0 Å². The minimum atomic E-state index is -4.96. The summed E-state index contributed by atoms with van der Waals surface area (Å²) < 4.78 is 77.8. The molecule has 3 rings (SSSR count). The summed E-state index contributed by atoms with van der Waals surface area (Å²) in [6, 6.07) is 0.583. The molecule has 1 atom stereocenters. The zero-order chi connectivity index (χ0) is 20.0. The van der Waals surface area contributed by atoms with Crippen LogP contribution in [0.25, 0.3) is 11.4 Å². The van der Waals surface area contributed by atoms with Crippen molar-refractivity contribution in [3.8, 4) is 11.4 Å². The summed E-state index contributed by atoms with van der Waals surface area (Å²) in [6.07, 6.45) is -8.74. The Morgan fingerprint density at radius 2 is 1.70 bits per heavy atom. The second-order valence-corrected chi connectivity index (χ2v) is 6.10. The number of hydrogen-bond acceptors (Lipinski definition) is 2. The summed E-state index contributed by atoms with van der Waals surface area (Å²) in [6.45, 7) is 0.282. The fraction of sp³-hybridized carbons (Fsp3) is 0.375. The van der Waals surface area contributed by atoms with Gasteiger partial charge in [-0.1, -0.05) is 0 Å². The van der Waals surface area contributed by atoms with Crippen LogP contribution in [0.4, 0.5) is 31.1 Å². The van der Waals surface area contributed by atoms with E-state index in [-0.39, 0.29) is 29.7 Å². The van der Waals surface area contributed by atoms with Gasteiger partial charge in [-0.3, -0.25) is 4.90 Å². The lowest BCUT2D eigenvalue weighted by Crippen LogP contribution is -2.28. The first-order valence-electron chi connectivity index (χ1n) is 7.81. The molecule has 0 spiro atoms. The SMILES string of the molecule is O=C(O)N1CCCC1c1c[nH]c(-c2cc(C(F)(F)F)cc(C(F)(F)F)c2)n1. The highest BCUT2D eigenvalue weighted by atomic mass is 19.4. The normalized spacial score (nSPS) is 18.1. The highest BCUT2D eigenvalue weighted by Gasteiger charge is 2.37. The van der Waals surface area contributed by atoms with Crippen molar-refractivity contribution in [2.75, 3.05) is 6.54 Å². The van der Waals surface area contributed by atoms with Crippen LogP contribution in [-0.4, -0.2) is 32.6 Å². The van der Waals surface area contributed by atoms with E-state index in [1.165, 1.54) is 6.20 Å². The molecule has 27 heavy (non-hydrogen) atoms. The molecule has 11 heteroatoms. The van der Waals surface area contributed by atoms with Gasteiger partial charge in [-0.2, -0.15) is 26.3 Å². The van der Waals surface area contributed by atoms with Crippen LogP contribution in [0.15, 0.2) is 24.4 Å². The number of carboxylic acid groups (broad SMARTS) is 1. The maximum Gasteiger partial charge on any atom is 0.416 e. The number of carbonyl (C=O) groups is 1. The van der Waals surface area contributed by atoms with Crippen LogP contribution in [0.3, 0.4) is 0 Å². The van der Waals surface area contributed by atoms with Crippen LogP contribution in [-0.2, 0) is 12.4 Å².